The van der Waals surface area contributed by atoms with E-state index in [0.29, 0.717) is 0 Å². The van der Waals surface area contributed by atoms with Gasteiger partial charge >= 0.3 is 0 Å². The lowest BCUT2D eigenvalue weighted by molar-refractivity contribution is 0.407. The summed E-state index contributed by atoms with van der Waals surface area (Å²) in [5.41, 5.74) is 1.33. The topological polar surface area (TPSA) is 3.24 Å². The second kappa shape index (κ2) is 6.96. The molecule has 0 aromatic rings. The molecular formula is C11H21N. The largest absolute Gasteiger partial charge is 0.378 e. The van der Waals surface area contributed by atoms with Crippen LogP contribution in [0.15, 0.2) is 23.9 Å². The van der Waals surface area contributed by atoms with E-state index in [9.17, 15) is 0 Å². The van der Waals surface area contributed by atoms with E-state index in [1.165, 1.54) is 18.5 Å². The van der Waals surface area contributed by atoms with Gasteiger partial charge in [-0.15, -0.1) is 0 Å². The van der Waals surface area contributed by atoms with Gasteiger partial charge in [0.2, 0.25) is 0 Å². The Balaban J connectivity index is 3.82. The second-order valence-electron chi connectivity index (χ2n) is 3.11. The van der Waals surface area contributed by atoms with Crippen LogP contribution in [0.4, 0.5) is 0 Å². The molecule has 0 saturated carbocycles. The van der Waals surface area contributed by atoms with Crippen molar-refractivity contribution in [1.29, 1.82) is 0 Å². The molecule has 0 aliphatic heterocycles. The molecule has 0 rings (SSSR count). The Bertz CT molecular complexity index is 156. The Morgan fingerprint density at radius 2 is 2.08 bits per heavy atom. The van der Waals surface area contributed by atoms with Crippen LogP contribution >= 0.6 is 0 Å². The van der Waals surface area contributed by atoms with Crippen molar-refractivity contribution in [3.63, 3.8) is 0 Å². The number of rotatable bonds is 5. The van der Waals surface area contributed by atoms with Crippen LogP contribution in [-0.2, 0) is 0 Å². The molecule has 0 aliphatic carbocycles. The summed E-state index contributed by atoms with van der Waals surface area (Å²) in [5, 5.41) is 0. The van der Waals surface area contributed by atoms with Crippen LogP contribution in [0.2, 0.25) is 0 Å². The molecule has 0 N–H and O–H groups in total. The van der Waals surface area contributed by atoms with Gasteiger partial charge in [-0.3, -0.25) is 0 Å². The highest BCUT2D eigenvalue weighted by Gasteiger charge is 1.95. The molecule has 0 fully saturated rings. The van der Waals surface area contributed by atoms with Crippen molar-refractivity contribution >= 4 is 0 Å². The van der Waals surface area contributed by atoms with Gasteiger partial charge in [-0.1, -0.05) is 25.5 Å². The standard InChI is InChI=1S/C11H21N/c1-5-7-9-11(3)12(4)10-8-6-2/h5,7,9H,6,8,10H2,1-4H3. The summed E-state index contributed by atoms with van der Waals surface area (Å²) in [7, 11) is 2.14. The summed E-state index contributed by atoms with van der Waals surface area (Å²) in [4.78, 5) is 2.30. The molecule has 1 heteroatoms. The van der Waals surface area contributed by atoms with Crippen molar-refractivity contribution in [3.05, 3.63) is 23.9 Å². The van der Waals surface area contributed by atoms with Gasteiger partial charge < -0.3 is 4.90 Å². The third kappa shape index (κ3) is 5.00. The molecule has 0 heterocycles. The molecule has 0 aromatic heterocycles. The van der Waals surface area contributed by atoms with Gasteiger partial charge in [0.15, 0.2) is 0 Å². The summed E-state index contributed by atoms with van der Waals surface area (Å²) in [6, 6.07) is 0. The minimum Gasteiger partial charge on any atom is -0.378 e. The number of nitrogens with zero attached hydrogens (tertiary/aromatic N) is 1. The quantitative estimate of drug-likeness (QED) is 0.568. The highest BCUT2D eigenvalue weighted by molar-refractivity contribution is 5.08. The van der Waals surface area contributed by atoms with Crippen molar-refractivity contribution < 1.29 is 0 Å². The first kappa shape index (κ1) is 11.3. The summed E-state index contributed by atoms with van der Waals surface area (Å²) >= 11 is 0. The maximum atomic E-state index is 2.30. The molecule has 1 nitrogen and oxygen atoms in total. The Hall–Kier alpha value is -0.720. The van der Waals surface area contributed by atoms with Crippen LogP contribution in [0.5, 0.6) is 0 Å². The van der Waals surface area contributed by atoms with E-state index in [0.717, 1.165) is 6.54 Å². The minimum atomic E-state index is 1.16. The number of allylic oxidation sites excluding steroid dienone is 4. The van der Waals surface area contributed by atoms with Gasteiger partial charge in [-0.25, -0.2) is 0 Å². The van der Waals surface area contributed by atoms with Crippen LogP contribution in [-0.4, -0.2) is 18.5 Å². The fourth-order valence-corrected chi connectivity index (χ4v) is 0.934. The van der Waals surface area contributed by atoms with E-state index in [1.54, 1.807) is 0 Å². The second-order valence-corrected chi connectivity index (χ2v) is 3.11. The maximum absolute atomic E-state index is 2.30. The van der Waals surface area contributed by atoms with Crippen molar-refractivity contribution in [2.24, 2.45) is 0 Å². The Kier molecular flexibility index (Phi) is 6.54. The fraction of sp³-hybridized carbons (Fsp3) is 0.636. The lowest BCUT2D eigenvalue weighted by atomic mass is 10.3. The van der Waals surface area contributed by atoms with E-state index < -0.39 is 0 Å². The molecule has 70 valence electrons. The SMILES string of the molecule is CC=CC=C(C)N(C)CCCC. The zero-order chi connectivity index (χ0) is 9.40. The maximum Gasteiger partial charge on any atom is 0.0171 e. The van der Waals surface area contributed by atoms with E-state index >= 15 is 0 Å². The molecule has 0 radical (unpaired) electrons. The normalized spacial score (nSPS) is 12.5. The Morgan fingerprint density at radius 3 is 2.58 bits per heavy atom. The third-order valence-corrected chi connectivity index (χ3v) is 1.98. The van der Waals surface area contributed by atoms with Crippen LogP contribution < -0.4 is 0 Å². The van der Waals surface area contributed by atoms with E-state index in [1.807, 2.05) is 6.92 Å². The summed E-state index contributed by atoms with van der Waals surface area (Å²) in [5.74, 6) is 0. The Labute approximate surface area is 76.8 Å². The molecule has 0 saturated heterocycles. The molecule has 0 spiro atoms. The van der Waals surface area contributed by atoms with Crippen LogP contribution in [0.1, 0.15) is 33.6 Å². The van der Waals surface area contributed by atoms with E-state index in [4.69, 9.17) is 0 Å². The van der Waals surface area contributed by atoms with Crippen molar-refractivity contribution in [2.45, 2.75) is 33.6 Å². The number of hydrogen-bond acceptors (Lipinski definition) is 1. The van der Waals surface area contributed by atoms with Crippen LogP contribution in [0.25, 0.3) is 0 Å². The average molecular weight is 167 g/mol. The number of unbranched alkanes of at least 4 members (excludes halogenated alkanes) is 1. The third-order valence-electron chi connectivity index (χ3n) is 1.98. The fourth-order valence-electron chi connectivity index (χ4n) is 0.934. The molecule has 0 amide bonds. The van der Waals surface area contributed by atoms with Crippen molar-refractivity contribution in [2.75, 3.05) is 13.6 Å². The number of hydrogen-bond donors (Lipinski definition) is 0. The van der Waals surface area contributed by atoms with Crippen LogP contribution in [0, 0.1) is 0 Å². The van der Waals surface area contributed by atoms with Gasteiger partial charge in [0, 0.05) is 19.3 Å². The van der Waals surface area contributed by atoms with E-state index in [-0.39, 0.29) is 0 Å². The first-order valence-electron chi connectivity index (χ1n) is 4.73. The molecule has 0 aromatic carbocycles. The summed E-state index contributed by atoms with van der Waals surface area (Å²) in [6.45, 7) is 7.57. The molecular weight excluding hydrogens is 146 g/mol. The van der Waals surface area contributed by atoms with E-state index in [2.05, 4.69) is 44.0 Å². The average Bonchev–Trinajstić information content (AvgIpc) is 2.10. The zero-order valence-electron chi connectivity index (χ0n) is 8.80. The van der Waals surface area contributed by atoms with Crippen molar-refractivity contribution in [1.82, 2.24) is 4.90 Å². The Morgan fingerprint density at radius 1 is 1.42 bits per heavy atom. The summed E-state index contributed by atoms with van der Waals surface area (Å²) in [6.07, 6.45) is 8.82. The minimum absolute atomic E-state index is 1.16. The molecule has 0 atom stereocenters. The lowest BCUT2D eigenvalue weighted by Gasteiger charge is -2.18. The molecule has 12 heavy (non-hydrogen) atoms. The molecule has 0 bridgehead atoms. The van der Waals surface area contributed by atoms with Gasteiger partial charge in [-0.05, 0) is 26.3 Å². The highest BCUT2D eigenvalue weighted by atomic mass is 15.1. The molecule has 0 aliphatic rings. The highest BCUT2D eigenvalue weighted by Crippen LogP contribution is 2.02. The molecule has 0 unspecified atom stereocenters. The monoisotopic (exact) mass is 167 g/mol. The lowest BCUT2D eigenvalue weighted by Crippen LogP contribution is -2.16. The van der Waals surface area contributed by atoms with Gasteiger partial charge in [0.25, 0.3) is 0 Å². The zero-order valence-corrected chi connectivity index (χ0v) is 8.80. The predicted molar refractivity (Wildman–Crippen MR) is 56.1 cm³/mol. The smallest absolute Gasteiger partial charge is 0.0171 e. The predicted octanol–water partition coefficient (Wildman–Crippen LogP) is 3.20. The van der Waals surface area contributed by atoms with Gasteiger partial charge in [0.05, 0.1) is 0 Å². The van der Waals surface area contributed by atoms with Crippen molar-refractivity contribution in [3.8, 4) is 0 Å². The van der Waals surface area contributed by atoms with Gasteiger partial charge in [0.1, 0.15) is 0 Å². The first-order valence-corrected chi connectivity index (χ1v) is 4.73. The first-order chi connectivity index (χ1) is 5.72. The summed E-state index contributed by atoms with van der Waals surface area (Å²) < 4.78 is 0. The van der Waals surface area contributed by atoms with Gasteiger partial charge in [-0.2, -0.15) is 0 Å². The van der Waals surface area contributed by atoms with Crippen LogP contribution in [0.3, 0.4) is 0 Å².